The van der Waals surface area contributed by atoms with E-state index in [4.69, 9.17) is 22.4 Å². The summed E-state index contributed by atoms with van der Waals surface area (Å²) in [5, 5.41) is 10.4. The Morgan fingerprint density at radius 1 is 1.50 bits per heavy atom. The van der Waals surface area contributed by atoms with Gasteiger partial charge in [-0.3, -0.25) is 0 Å². The molecule has 14 heavy (non-hydrogen) atoms. The minimum atomic E-state index is -0.965. The van der Waals surface area contributed by atoms with E-state index in [1.165, 1.54) is 23.5 Å². The monoisotopic (exact) mass is 227 g/mol. The molecule has 0 aliphatic rings. The fourth-order valence-corrected chi connectivity index (χ4v) is 2.39. The highest BCUT2D eigenvalue weighted by Gasteiger charge is 2.10. The normalized spacial score (nSPS) is 10.6. The van der Waals surface area contributed by atoms with Crippen LogP contribution in [0.15, 0.2) is 18.2 Å². The molecule has 0 fully saturated rings. The number of nitrogens with two attached hydrogens (primary N) is 1. The maximum absolute atomic E-state index is 10.7. The first-order valence-corrected chi connectivity index (χ1v) is 5.00. The number of carboxylic acid groups (broad SMARTS) is 1. The van der Waals surface area contributed by atoms with Gasteiger partial charge in [-0.2, -0.15) is 0 Å². The Bertz CT molecular complexity index is 521. The van der Waals surface area contributed by atoms with Crippen molar-refractivity contribution in [1.82, 2.24) is 0 Å². The van der Waals surface area contributed by atoms with Crippen LogP contribution in [0.4, 0.5) is 5.00 Å². The predicted octanol–water partition coefficient (Wildman–Crippen LogP) is 2.84. The van der Waals surface area contributed by atoms with Crippen molar-refractivity contribution in [3.63, 3.8) is 0 Å². The summed E-state index contributed by atoms with van der Waals surface area (Å²) in [5.41, 5.74) is 5.84. The first-order chi connectivity index (χ1) is 6.59. The van der Waals surface area contributed by atoms with E-state index in [1.54, 1.807) is 6.07 Å². The van der Waals surface area contributed by atoms with E-state index in [0.29, 0.717) is 15.4 Å². The molecule has 1 aromatic heterocycles. The van der Waals surface area contributed by atoms with Gasteiger partial charge in [-0.1, -0.05) is 11.6 Å². The molecule has 2 rings (SSSR count). The Hall–Kier alpha value is -1.26. The van der Waals surface area contributed by atoms with Crippen LogP contribution in [0, 0.1) is 0 Å². The third-order valence-corrected chi connectivity index (χ3v) is 3.42. The molecule has 0 atom stereocenters. The number of hydrogen-bond donors (Lipinski definition) is 2. The molecule has 72 valence electrons. The summed E-state index contributed by atoms with van der Waals surface area (Å²) in [6.45, 7) is 0. The van der Waals surface area contributed by atoms with Crippen LogP contribution in [0.3, 0.4) is 0 Å². The zero-order valence-corrected chi connectivity index (χ0v) is 8.52. The number of nitrogen functional groups attached to an aromatic ring is 1. The third-order valence-electron chi connectivity index (χ3n) is 1.90. The summed E-state index contributed by atoms with van der Waals surface area (Å²) in [7, 11) is 0. The lowest BCUT2D eigenvalue weighted by molar-refractivity contribution is 0.0697. The molecule has 5 heteroatoms. The Labute approximate surface area is 88.7 Å². The van der Waals surface area contributed by atoms with E-state index < -0.39 is 5.97 Å². The molecule has 0 radical (unpaired) electrons. The maximum atomic E-state index is 10.7. The third kappa shape index (κ3) is 1.32. The van der Waals surface area contributed by atoms with E-state index in [9.17, 15) is 4.79 Å². The van der Waals surface area contributed by atoms with Gasteiger partial charge in [0.15, 0.2) is 0 Å². The van der Waals surface area contributed by atoms with Crippen LogP contribution in [-0.2, 0) is 0 Å². The Morgan fingerprint density at radius 3 is 2.86 bits per heavy atom. The number of aromatic carboxylic acids is 1. The maximum Gasteiger partial charge on any atom is 0.335 e. The number of fused-ring (bicyclic) bond motifs is 1. The average molecular weight is 228 g/mol. The molecule has 0 saturated heterocycles. The fourth-order valence-electron chi connectivity index (χ4n) is 1.22. The molecule has 0 aliphatic carbocycles. The highest BCUT2D eigenvalue weighted by molar-refractivity contribution is 7.23. The van der Waals surface area contributed by atoms with E-state index in [-0.39, 0.29) is 5.56 Å². The summed E-state index contributed by atoms with van der Waals surface area (Å²) in [4.78, 5) is 10.7. The van der Waals surface area contributed by atoms with Gasteiger partial charge < -0.3 is 10.8 Å². The molecule has 0 bridgehead atoms. The van der Waals surface area contributed by atoms with Gasteiger partial charge in [0.1, 0.15) is 5.00 Å². The van der Waals surface area contributed by atoms with Crippen LogP contribution in [0.1, 0.15) is 10.4 Å². The second kappa shape index (κ2) is 3.15. The molecule has 0 aliphatic heterocycles. The van der Waals surface area contributed by atoms with Crippen molar-refractivity contribution >= 4 is 44.0 Å². The molecule has 0 saturated carbocycles. The zero-order valence-electron chi connectivity index (χ0n) is 6.95. The summed E-state index contributed by atoms with van der Waals surface area (Å²) in [6.07, 6.45) is 0. The first kappa shape index (κ1) is 9.30. The molecule has 2 aromatic rings. The number of carboxylic acids is 1. The summed E-state index contributed by atoms with van der Waals surface area (Å²) in [5.74, 6) is -0.965. The van der Waals surface area contributed by atoms with Crippen LogP contribution in [-0.4, -0.2) is 11.1 Å². The smallest absolute Gasteiger partial charge is 0.335 e. The van der Waals surface area contributed by atoms with Gasteiger partial charge in [-0.25, -0.2) is 4.79 Å². The lowest BCUT2D eigenvalue weighted by atomic mass is 10.2. The van der Waals surface area contributed by atoms with Gasteiger partial charge in [0, 0.05) is 10.1 Å². The molecule has 3 nitrogen and oxygen atoms in total. The number of anilines is 1. The molecule has 0 amide bonds. The molecule has 3 N–H and O–H groups in total. The van der Waals surface area contributed by atoms with Crippen LogP contribution >= 0.6 is 22.9 Å². The molecule has 0 unspecified atom stereocenters. The molecule has 0 spiro atoms. The fraction of sp³-hybridized carbons (Fsp3) is 0. The first-order valence-electron chi connectivity index (χ1n) is 3.80. The van der Waals surface area contributed by atoms with Crippen molar-refractivity contribution < 1.29 is 9.90 Å². The van der Waals surface area contributed by atoms with Crippen molar-refractivity contribution in [2.24, 2.45) is 0 Å². The van der Waals surface area contributed by atoms with E-state index >= 15 is 0 Å². The predicted molar refractivity (Wildman–Crippen MR) is 58.2 cm³/mol. The molecular formula is C9H6ClNO2S. The minimum Gasteiger partial charge on any atom is -0.478 e. The summed E-state index contributed by atoms with van der Waals surface area (Å²) in [6, 6.07) is 4.79. The highest BCUT2D eigenvalue weighted by Crippen LogP contribution is 2.37. The Balaban J connectivity index is 2.76. The minimum absolute atomic E-state index is 0.220. The van der Waals surface area contributed by atoms with Crippen LogP contribution in [0.25, 0.3) is 10.1 Å². The lowest BCUT2D eigenvalue weighted by Crippen LogP contribution is -1.94. The zero-order chi connectivity index (χ0) is 10.3. The number of thiophene rings is 1. The molecular weight excluding hydrogens is 222 g/mol. The lowest BCUT2D eigenvalue weighted by Gasteiger charge is -1.94. The van der Waals surface area contributed by atoms with Gasteiger partial charge in [0.2, 0.25) is 0 Å². The average Bonchev–Trinajstić information content (AvgIpc) is 2.43. The second-order valence-corrected chi connectivity index (χ2v) is 4.26. The number of benzene rings is 1. The van der Waals surface area contributed by atoms with Crippen molar-refractivity contribution in [2.45, 2.75) is 0 Å². The summed E-state index contributed by atoms with van der Waals surface area (Å²) < 4.78 is 0.900. The van der Waals surface area contributed by atoms with Crippen molar-refractivity contribution in [1.29, 1.82) is 0 Å². The van der Waals surface area contributed by atoms with Crippen molar-refractivity contribution in [3.8, 4) is 0 Å². The highest BCUT2D eigenvalue weighted by atomic mass is 35.5. The number of hydrogen-bond acceptors (Lipinski definition) is 3. The van der Waals surface area contributed by atoms with Crippen LogP contribution < -0.4 is 5.73 Å². The standard InChI is InChI=1S/C9H6ClNO2S/c10-7-5-3-4(9(12)13)1-2-6(5)14-8(7)11/h1-3H,11H2,(H,12,13). The second-order valence-electron chi connectivity index (χ2n) is 2.80. The van der Waals surface area contributed by atoms with Gasteiger partial charge >= 0.3 is 5.97 Å². The van der Waals surface area contributed by atoms with Crippen LogP contribution in [0.2, 0.25) is 5.02 Å². The Kier molecular flexibility index (Phi) is 2.09. The van der Waals surface area contributed by atoms with Gasteiger partial charge in [0.25, 0.3) is 0 Å². The largest absolute Gasteiger partial charge is 0.478 e. The van der Waals surface area contributed by atoms with E-state index in [2.05, 4.69) is 0 Å². The van der Waals surface area contributed by atoms with E-state index in [1.807, 2.05) is 0 Å². The van der Waals surface area contributed by atoms with Crippen molar-refractivity contribution in [3.05, 3.63) is 28.8 Å². The molecule has 1 heterocycles. The van der Waals surface area contributed by atoms with E-state index in [0.717, 1.165) is 4.70 Å². The Morgan fingerprint density at radius 2 is 2.21 bits per heavy atom. The van der Waals surface area contributed by atoms with Crippen LogP contribution in [0.5, 0.6) is 0 Å². The molecule has 1 aromatic carbocycles. The topological polar surface area (TPSA) is 63.3 Å². The van der Waals surface area contributed by atoms with Gasteiger partial charge in [-0.05, 0) is 18.2 Å². The number of halogens is 1. The van der Waals surface area contributed by atoms with Gasteiger partial charge in [0.05, 0.1) is 10.6 Å². The summed E-state index contributed by atoms with van der Waals surface area (Å²) >= 11 is 7.26. The SMILES string of the molecule is Nc1sc2ccc(C(=O)O)cc2c1Cl. The quantitative estimate of drug-likeness (QED) is 0.788. The van der Waals surface area contributed by atoms with Gasteiger partial charge in [-0.15, -0.1) is 11.3 Å². The number of rotatable bonds is 1. The van der Waals surface area contributed by atoms with Crippen molar-refractivity contribution in [2.75, 3.05) is 5.73 Å². The number of carbonyl (C=O) groups is 1.